The zero-order chi connectivity index (χ0) is 10.7. The third kappa shape index (κ3) is 3.35. The molecule has 0 bridgehead atoms. The Morgan fingerprint density at radius 2 is 2.00 bits per heavy atom. The molecule has 0 saturated heterocycles. The van der Waals surface area contributed by atoms with Crippen molar-refractivity contribution in [3.63, 3.8) is 0 Å². The van der Waals surface area contributed by atoms with E-state index < -0.39 is 0 Å². The van der Waals surface area contributed by atoms with Gasteiger partial charge in [0.05, 0.1) is 0 Å². The fourth-order valence-electron chi connectivity index (χ4n) is 1.61. The van der Waals surface area contributed by atoms with Crippen LogP contribution in [0, 0.1) is 11.8 Å². The minimum absolute atomic E-state index is 0.580. The standard InChI is InChI=1S/C11H16Br2S/c1-7(2)9(8(3)12)6-11-10(13)4-5-14-11/h4-5,7-9H,6H2,1-3H3. The molecule has 1 aromatic rings. The summed E-state index contributed by atoms with van der Waals surface area (Å²) in [6.45, 7) is 6.83. The van der Waals surface area contributed by atoms with Crippen LogP contribution in [0.4, 0.5) is 0 Å². The Kier molecular flexibility index (Phi) is 5.15. The predicted molar refractivity (Wildman–Crippen MR) is 72.4 cm³/mol. The minimum atomic E-state index is 0.580. The molecular weight excluding hydrogens is 324 g/mol. The first kappa shape index (κ1) is 12.7. The normalized spacial score (nSPS) is 15.9. The van der Waals surface area contributed by atoms with Gasteiger partial charge in [-0.3, -0.25) is 0 Å². The smallest absolute Gasteiger partial charge is 0.0314 e. The van der Waals surface area contributed by atoms with Gasteiger partial charge in [0.15, 0.2) is 0 Å². The van der Waals surface area contributed by atoms with Crippen LogP contribution in [0.2, 0.25) is 0 Å². The Bertz CT molecular complexity index is 271. The van der Waals surface area contributed by atoms with E-state index in [1.165, 1.54) is 15.8 Å². The van der Waals surface area contributed by atoms with Gasteiger partial charge in [-0.05, 0) is 45.6 Å². The van der Waals surface area contributed by atoms with E-state index in [-0.39, 0.29) is 0 Å². The van der Waals surface area contributed by atoms with Crippen LogP contribution in [0.3, 0.4) is 0 Å². The van der Waals surface area contributed by atoms with Crippen LogP contribution in [0.5, 0.6) is 0 Å². The van der Waals surface area contributed by atoms with Gasteiger partial charge in [-0.25, -0.2) is 0 Å². The highest BCUT2D eigenvalue weighted by Crippen LogP contribution is 2.31. The maximum absolute atomic E-state index is 3.70. The lowest BCUT2D eigenvalue weighted by atomic mass is 9.89. The second kappa shape index (κ2) is 5.66. The summed E-state index contributed by atoms with van der Waals surface area (Å²) in [6, 6.07) is 2.14. The summed E-state index contributed by atoms with van der Waals surface area (Å²) >= 11 is 9.13. The zero-order valence-corrected chi connectivity index (χ0v) is 12.7. The molecule has 0 aliphatic rings. The van der Waals surface area contributed by atoms with Crippen molar-refractivity contribution in [1.82, 2.24) is 0 Å². The summed E-state index contributed by atoms with van der Waals surface area (Å²) in [4.78, 5) is 2.05. The van der Waals surface area contributed by atoms with E-state index in [1.807, 2.05) is 11.3 Å². The molecule has 0 N–H and O–H groups in total. The van der Waals surface area contributed by atoms with Crippen LogP contribution >= 0.6 is 43.2 Å². The Labute approximate surface area is 107 Å². The highest BCUT2D eigenvalue weighted by molar-refractivity contribution is 9.10. The summed E-state index contributed by atoms with van der Waals surface area (Å²) in [5.41, 5.74) is 0. The molecule has 0 aromatic carbocycles. The van der Waals surface area contributed by atoms with Crippen molar-refractivity contribution in [3.8, 4) is 0 Å². The molecule has 0 nitrogen and oxygen atoms in total. The van der Waals surface area contributed by atoms with E-state index >= 15 is 0 Å². The van der Waals surface area contributed by atoms with Crippen LogP contribution in [0.25, 0.3) is 0 Å². The van der Waals surface area contributed by atoms with Crippen LogP contribution in [0.1, 0.15) is 25.6 Å². The fraction of sp³-hybridized carbons (Fsp3) is 0.636. The molecule has 0 fully saturated rings. The molecule has 1 aromatic heterocycles. The molecule has 0 spiro atoms. The molecule has 0 amide bonds. The highest BCUT2D eigenvalue weighted by Gasteiger charge is 2.20. The van der Waals surface area contributed by atoms with Gasteiger partial charge >= 0.3 is 0 Å². The van der Waals surface area contributed by atoms with E-state index in [0.29, 0.717) is 10.7 Å². The average molecular weight is 340 g/mol. The van der Waals surface area contributed by atoms with Crippen LogP contribution < -0.4 is 0 Å². The molecule has 1 heterocycles. The van der Waals surface area contributed by atoms with Crippen LogP contribution in [-0.4, -0.2) is 4.83 Å². The van der Waals surface area contributed by atoms with Crippen molar-refractivity contribution < 1.29 is 0 Å². The number of hydrogen-bond acceptors (Lipinski definition) is 1. The predicted octanol–water partition coefficient (Wildman–Crippen LogP) is 5.11. The monoisotopic (exact) mass is 338 g/mol. The van der Waals surface area contributed by atoms with Gasteiger partial charge in [-0.1, -0.05) is 36.7 Å². The van der Waals surface area contributed by atoms with Crippen molar-refractivity contribution in [2.45, 2.75) is 32.0 Å². The van der Waals surface area contributed by atoms with Gasteiger partial charge in [-0.15, -0.1) is 11.3 Å². The van der Waals surface area contributed by atoms with Gasteiger partial charge < -0.3 is 0 Å². The van der Waals surface area contributed by atoms with Crippen molar-refractivity contribution in [2.75, 3.05) is 0 Å². The van der Waals surface area contributed by atoms with E-state index in [4.69, 9.17) is 0 Å². The second-order valence-electron chi connectivity index (χ2n) is 3.98. The van der Waals surface area contributed by atoms with Crippen molar-refractivity contribution >= 4 is 43.2 Å². The summed E-state index contributed by atoms with van der Waals surface area (Å²) < 4.78 is 1.27. The Balaban J connectivity index is 2.70. The van der Waals surface area contributed by atoms with Gasteiger partial charge in [-0.2, -0.15) is 0 Å². The maximum atomic E-state index is 3.70. The van der Waals surface area contributed by atoms with E-state index in [1.54, 1.807) is 0 Å². The van der Waals surface area contributed by atoms with Gasteiger partial charge in [0.1, 0.15) is 0 Å². The minimum Gasteiger partial charge on any atom is -0.148 e. The Hall–Kier alpha value is 0.660. The number of hydrogen-bond donors (Lipinski definition) is 0. The molecule has 1 rings (SSSR count). The molecule has 3 heteroatoms. The number of alkyl halides is 1. The third-order valence-electron chi connectivity index (χ3n) is 2.56. The zero-order valence-electron chi connectivity index (χ0n) is 8.76. The molecule has 0 saturated carbocycles. The molecule has 14 heavy (non-hydrogen) atoms. The molecule has 2 atom stereocenters. The van der Waals surface area contributed by atoms with Crippen LogP contribution in [-0.2, 0) is 6.42 Å². The Morgan fingerprint density at radius 3 is 2.36 bits per heavy atom. The lowest BCUT2D eigenvalue weighted by molar-refractivity contribution is 0.385. The highest BCUT2D eigenvalue weighted by atomic mass is 79.9. The SMILES string of the molecule is CC(C)C(Cc1sccc1Br)C(C)Br. The first-order valence-corrected chi connectivity index (χ1v) is 7.47. The molecule has 0 radical (unpaired) electrons. The van der Waals surface area contributed by atoms with Gasteiger partial charge in [0, 0.05) is 14.2 Å². The van der Waals surface area contributed by atoms with Gasteiger partial charge in [0.2, 0.25) is 0 Å². The topological polar surface area (TPSA) is 0 Å². The second-order valence-corrected chi connectivity index (χ2v) is 7.28. The molecule has 0 aliphatic carbocycles. The molecule has 80 valence electrons. The van der Waals surface area contributed by atoms with Crippen molar-refractivity contribution in [3.05, 3.63) is 20.8 Å². The van der Waals surface area contributed by atoms with Crippen molar-refractivity contribution in [1.29, 1.82) is 0 Å². The quantitative estimate of drug-likeness (QED) is 0.669. The first-order valence-electron chi connectivity index (χ1n) is 4.88. The molecular formula is C11H16Br2S. The summed E-state index contributed by atoms with van der Waals surface area (Å²) in [7, 11) is 0. The maximum Gasteiger partial charge on any atom is 0.0314 e. The largest absolute Gasteiger partial charge is 0.148 e. The van der Waals surface area contributed by atoms with Gasteiger partial charge in [0.25, 0.3) is 0 Å². The number of thiophene rings is 1. The average Bonchev–Trinajstić information content (AvgIpc) is 2.46. The van der Waals surface area contributed by atoms with E-state index in [2.05, 4.69) is 64.1 Å². The lowest BCUT2D eigenvalue weighted by Gasteiger charge is -2.23. The van der Waals surface area contributed by atoms with Crippen molar-refractivity contribution in [2.24, 2.45) is 11.8 Å². The fourth-order valence-corrected chi connectivity index (χ4v) is 4.00. The van der Waals surface area contributed by atoms with Crippen LogP contribution in [0.15, 0.2) is 15.9 Å². The molecule has 2 unspecified atom stereocenters. The van der Waals surface area contributed by atoms with E-state index in [0.717, 1.165) is 5.92 Å². The summed E-state index contributed by atoms with van der Waals surface area (Å²) in [5, 5.41) is 2.15. The lowest BCUT2D eigenvalue weighted by Crippen LogP contribution is -2.19. The summed E-state index contributed by atoms with van der Waals surface area (Å²) in [6.07, 6.45) is 1.17. The summed E-state index contributed by atoms with van der Waals surface area (Å²) in [5.74, 6) is 1.43. The van der Waals surface area contributed by atoms with E-state index in [9.17, 15) is 0 Å². The number of halogens is 2. The Morgan fingerprint density at radius 1 is 1.36 bits per heavy atom. The number of rotatable bonds is 4. The third-order valence-corrected chi connectivity index (χ3v) is 5.19. The molecule has 0 aliphatic heterocycles. The first-order chi connectivity index (χ1) is 6.52.